The Labute approximate surface area is 107 Å². The van der Waals surface area contributed by atoms with Crippen molar-refractivity contribution in [2.75, 3.05) is 16.8 Å². The fourth-order valence-corrected chi connectivity index (χ4v) is 2.27. The normalized spacial score (nSPS) is 22.4. The number of aliphatic hydroxyl groups is 1. The van der Waals surface area contributed by atoms with Gasteiger partial charge in [0.25, 0.3) is 0 Å². The maximum absolute atomic E-state index is 10.6. The molecule has 2 N–H and O–H groups in total. The summed E-state index contributed by atoms with van der Waals surface area (Å²) < 4.78 is 0. The third-order valence-electron chi connectivity index (χ3n) is 3.32. The molecule has 1 fully saturated rings. The Bertz CT molecular complexity index is 515. The van der Waals surface area contributed by atoms with E-state index in [1.54, 1.807) is 0 Å². The molecule has 0 amide bonds. The molecule has 0 aromatic heterocycles. The molecule has 0 spiro atoms. The highest BCUT2D eigenvalue weighted by Crippen LogP contribution is 2.34. The first-order valence-electron chi connectivity index (χ1n) is 6.16. The van der Waals surface area contributed by atoms with Crippen LogP contribution in [0.2, 0.25) is 0 Å². The van der Waals surface area contributed by atoms with Gasteiger partial charge in [0.1, 0.15) is 0 Å². The van der Waals surface area contributed by atoms with Crippen LogP contribution in [-0.4, -0.2) is 17.5 Å². The van der Waals surface area contributed by atoms with E-state index in [0.29, 0.717) is 0 Å². The van der Waals surface area contributed by atoms with E-state index in [0.717, 1.165) is 24.3 Å². The lowest BCUT2D eigenvalue weighted by atomic mass is 10.0. The highest BCUT2D eigenvalue weighted by molar-refractivity contribution is 5.55. The highest BCUT2D eigenvalue weighted by atomic mass is 16.3. The second kappa shape index (κ2) is 4.35. The van der Waals surface area contributed by atoms with Crippen molar-refractivity contribution < 1.29 is 5.11 Å². The number of para-hydroxylation sites is 2. The summed E-state index contributed by atoms with van der Waals surface area (Å²) in [7, 11) is 0. The van der Waals surface area contributed by atoms with Gasteiger partial charge < -0.3 is 15.3 Å². The fourth-order valence-electron chi connectivity index (χ4n) is 2.27. The van der Waals surface area contributed by atoms with Crippen LogP contribution in [0, 0.1) is 0 Å². The van der Waals surface area contributed by atoms with Crippen LogP contribution in [0.1, 0.15) is 6.42 Å². The Morgan fingerprint density at radius 3 is 2.11 bits per heavy atom. The Morgan fingerprint density at radius 1 is 0.944 bits per heavy atom. The molecule has 3 rings (SSSR count). The largest absolute Gasteiger partial charge is 0.354 e. The van der Waals surface area contributed by atoms with E-state index >= 15 is 0 Å². The van der Waals surface area contributed by atoms with E-state index in [9.17, 15) is 5.11 Å². The summed E-state index contributed by atoms with van der Waals surface area (Å²) in [5.41, 5.74) is 1.97. The lowest BCUT2D eigenvalue weighted by Crippen LogP contribution is -2.65. The molecule has 1 aliphatic heterocycles. The van der Waals surface area contributed by atoms with Gasteiger partial charge in [-0.1, -0.05) is 36.4 Å². The molecule has 18 heavy (non-hydrogen) atoms. The van der Waals surface area contributed by atoms with Gasteiger partial charge in [-0.2, -0.15) is 0 Å². The lowest BCUT2D eigenvalue weighted by Gasteiger charge is -2.50. The minimum absolute atomic E-state index is 0.719. The summed E-state index contributed by atoms with van der Waals surface area (Å²) in [4.78, 5) is 1.97. The van der Waals surface area contributed by atoms with Crippen LogP contribution in [0.15, 0.2) is 60.7 Å². The van der Waals surface area contributed by atoms with Crippen LogP contribution < -0.4 is 10.2 Å². The van der Waals surface area contributed by atoms with Gasteiger partial charge in [-0.25, -0.2) is 0 Å². The first kappa shape index (κ1) is 11.1. The first-order chi connectivity index (χ1) is 8.78. The molecule has 2 aromatic rings. The SMILES string of the molecule is OC1(Nc2ccccc2)CCN1c1ccccc1. The summed E-state index contributed by atoms with van der Waals surface area (Å²) in [5, 5.41) is 13.8. The smallest absolute Gasteiger partial charge is 0.218 e. The average Bonchev–Trinajstić information content (AvgIpc) is 2.40. The van der Waals surface area contributed by atoms with Gasteiger partial charge >= 0.3 is 0 Å². The zero-order valence-corrected chi connectivity index (χ0v) is 10.1. The Morgan fingerprint density at radius 2 is 1.56 bits per heavy atom. The molecule has 3 heteroatoms. The van der Waals surface area contributed by atoms with Crippen LogP contribution in [-0.2, 0) is 0 Å². The Hall–Kier alpha value is -2.00. The minimum Gasteiger partial charge on any atom is -0.354 e. The van der Waals surface area contributed by atoms with E-state index in [2.05, 4.69) is 5.32 Å². The van der Waals surface area contributed by atoms with Crippen molar-refractivity contribution in [1.82, 2.24) is 0 Å². The third kappa shape index (κ3) is 1.93. The van der Waals surface area contributed by atoms with E-state index in [1.807, 2.05) is 65.6 Å². The molecule has 3 nitrogen and oxygen atoms in total. The van der Waals surface area contributed by atoms with Crippen LogP contribution >= 0.6 is 0 Å². The highest BCUT2D eigenvalue weighted by Gasteiger charge is 2.43. The maximum Gasteiger partial charge on any atom is 0.218 e. The molecule has 0 radical (unpaired) electrons. The van der Waals surface area contributed by atoms with Gasteiger partial charge in [0.05, 0.1) is 0 Å². The van der Waals surface area contributed by atoms with E-state index in [4.69, 9.17) is 0 Å². The number of nitrogens with one attached hydrogen (secondary N) is 1. The van der Waals surface area contributed by atoms with Gasteiger partial charge in [-0.15, -0.1) is 0 Å². The zero-order chi connectivity index (χ0) is 12.4. The van der Waals surface area contributed by atoms with Gasteiger partial charge in [-0.05, 0) is 24.3 Å². The van der Waals surface area contributed by atoms with E-state index in [1.165, 1.54) is 0 Å². The quantitative estimate of drug-likeness (QED) is 0.810. The molecular formula is C15H16N2O. The van der Waals surface area contributed by atoms with E-state index < -0.39 is 5.85 Å². The summed E-state index contributed by atoms with van der Waals surface area (Å²) in [5.74, 6) is -0.970. The molecule has 0 bridgehead atoms. The average molecular weight is 240 g/mol. The van der Waals surface area contributed by atoms with Crippen molar-refractivity contribution in [1.29, 1.82) is 0 Å². The molecule has 1 heterocycles. The maximum atomic E-state index is 10.6. The van der Waals surface area contributed by atoms with Crippen molar-refractivity contribution >= 4 is 11.4 Å². The fraction of sp³-hybridized carbons (Fsp3) is 0.200. The Kier molecular flexibility index (Phi) is 2.68. The number of hydrogen-bond acceptors (Lipinski definition) is 3. The third-order valence-corrected chi connectivity index (χ3v) is 3.32. The predicted octanol–water partition coefficient (Wildman–Crippen LogP) is 2.65. The van der Waals surface area contributed by atoms with Crippen molar-refractivity contribution in [2.24, 2.45) is 0 Å². The van der Waals surface area contributed by atoms with Crippen LogP contribution in [0.5, 0.6) is 0 Å². The van der Waals surface area contributed by atoms with Crippen molar-refractivity contribution in [3.05, 3.63) is 60.7 Å². The summed E-state index contributed by atoms with van der Waals surface area (Å²) >= 11 is 0. The molecule has 92 valence electrons. The molecule has 1 saturated heterocycles. The Balaban J connectivity index is 1.80. The summed E-state index contributed by atoms with van der Waals surface area (Å²) in [6.07, 6.45) is 0.719. The minimum atomic E-state index is -0.970. The van der Waals surface area contributed by atoms with Gasteiger partial charge in [-0.3, -0.25) is 0 Å². The molecule has 1 atom stereocenters. The second-order valence-electron chi connectivity index (χ2n) is 4.54. The predicted molar refractivity (Wildman–Crippen MR) is 73.4 cm³/mol. The standard InChI is InChI=1S/C15H16N2O/c18-15(16-13-7-3-1-4-8-13)11-12-17(15)14-9-5-2-6-10-14/h1-10,16,18H,11-12H2. The van der Waals surface area contributed by atoms with Gasteiger partial charge in [0.15, 0.2) is 0 Å². The topological polar surface area (TPSA) is 35.5 Å². The summed E-state index contributed by atoms with van der Waals surface area (Å²) in [6.45, 7) is 0.861. The number of hydrogen-bond donors (Lipinski definition) is 2. The van der Waals surface area contributed by atoms with E-state index in [-0.39, 0.29) is 0 Å². The van der Waals surface area contributed by atoms with Crippen LogP contribution in [0.3, 0.4) is 0 Å². The van der Waals surface area contributed by atoms with Crippen molar-refractivity contribution in [3.8, 4) is 0 Å². The van der Waals surface area contributed by atoms with Gasteiger partial charge in [0.2, 0.25) is 5.85 Å². The number of benzene rings is 2. The molecular weight excluding hydrogens is 224 g/mol. The zero-order valence-electron chi connectivity index (χ0n) is 10.1. The lowest BCUT2D eigenvalue weighted by molar-refractivity contribution is 0.0121. The van der Waals surface area contributed by atoms with Crippen molar-refractivity contribution in [2.45, 2.75) is 12.3 Å². The molecule has 1 unspecified atom stereocenters. The summed E-state index contributed by atoms with van der Waals surface area (Å²) in [6, 6.07) is 19.8. The molecule has 2 aromatic carbocycles. The first-order valence-corrected chi connectivity index (χ1v) is 6.16. The van der Waals surface area contributed by atoms with Crippen LogP contribution in [0.4, 0.5) is 11.4 Å². The molecule has 0 aliphatic carbocycles. The molecule has 0 saturated carbocycles. The number of nitrogens with zero attached hydrogens (tertiary/aromatic N) is 1. The second-order valence-corrected chi connectivity index (χ2v) is 4.54. The number of rotatable bonds is 3. The molecule has 1 aliphatic rings. The van der Waals surface area contributed by atoms with Gasteiger partial charge in [0, 0.05) is 24.3 Å². The number of anilines is 2. The van der Waals surface area contributed by atoms with Crippen LogP contribution in [0.25, 0.3) is 0 Å². The monoisotopic (exact) mass is 240 g/mol. The van der Waals surface area contributed by atoms with Crippen molar-refractivity contribution in [3.63, 3.8) is 0 Å².